The van der Waals surface area contributed by atoms with Crippen LogP contribution in [0.3, 0.4) is 0 Å². The average Bonchev–Trinajstić information content (AvgIpc) is 2.87. The summed E-state index contributed by atoms with van der Waals surface area (Å²) in [6.45, 7) is 4.41. The van der Waals surface area contributed by atoms with Gasteiger partial charge in [0.2, 0.25) is 0 Å². The van der Waals surface area contributed by atoms with E-state index in [2.05, 4.69) is 4.90 Å². The lowest BCUT2D eigenvalue weighted by atomic mass is 10.0. The van der Waals surface area contributed by atoms with Gasteiger partial charge in [0.15, 0.2) is 0 Å². The van der Waals surface area contributed by atoms with Gasteiger partial charge in [0, 0.05) is 38.3 Å². The van der Waals surface area contributed by atoms with Crippen molar-refractivity contribution < 1.29 is 19.6 Å². The first kappa shape index (κ1) is 18.2. The lowest BCUT2D eigenvalue weighted by Gasteiger charge is -2.29. The van der Waals surface area contributed by atoms with Gasteiger partial charge in [0.1, 0.15) is 6.04 Å². The highest BCUT2D eigenvalue weighted by atomic mass is 16.6. The van der Waals surface area contributed by atoms with Gasteiger partial charge in [-0.15, -0.1) is 0 Å². The molecule has 140 valence electrons. The molecule has 2 aromatic rings. The number of anilines is 1. The van der Waals surface area contributed by atoms with E-state index in [0.29, 0.717) is 37.3 Å². The summed E-state index contributed by atoms with van der Waals surface area (Å²) in [5.41, 5.74) is 8.69. The number of hydrogen-bond donors (Lipinski definition) is 2. The first-order chi connectivity index (χ1) is 12.3. The summed E-state index contributed by atoms with van der Waals surface area (Å²) in [5, 5.41) is 21.2. The van der Waals surface area contributed by atoms with Crippen molar-refractivity contribution in [3.8, 4) is 0 Å². The SMILES string of the molecule is Cc1c(CC(N)C(=O)O)c2c([N+](=O)[O-])ccc(N3CCOCC3)c2n1C. The summed E-state index contributed by atoms with van der Waals surface area (Å²) in [4.78, 5) is 24.5. The molecule has 1 aliphatic rings. The van der Waals surface area contributed by atoms with Gasteiger partial charge < -0.3 is 25.0 Å². The first-order valence-electron chi connectivity index (χ1n) is 8.39. The van der Waals surface area contributed by atoms with E-state index in [4.69, 9.17) is 15.6 Å². The van der Waals surface area contributed by atoms with E-state index in [1.807, 2.05) is 18.5 Å². The molecule has 0 amide bonds. The summed E-state index contributed by atoms with van der Waals surface area (Å²) >= 11 is 0. The van der Waals surface area contributed by atoms with Crippen molar-refractivity contribution in [3.63, 3.8) is 0 Å². The number of carbonyl (C=O) groups is 1. The van der Waals surface area contributed by atoms with Crippen molar-refractivity contribution in [2.75, 3.05) is 31.2 Å². The monoisotopic (exact) mass is 362 g/mol. The van der Waals surface area contributed by atoms with Crippen LogP contribution in [0.15, 0.2) is 12.1 Å². The quantitative estimate of drug-likeness (QED) is 0.604. The number of benzene rings is 1. The molecule has 1 aromatic heterocycles. The third kappa shape index (κ3) is 2.99. The van der Waals surface area contributed by atoms with Crippen LogP contribution in [0.4, 0.5) is 11.4 Å². The predicted octanol–water partition coefficient (Wildman–Crippen LogP) is 1.19. The number of rotatable bonds is 5. The Morgan fingerprint density at radius 3 is 2.65 bits per heavy atom. The van der Waals surface area contributed by atoms with Gasteiger partial charge in [-0.3, -0.25) is 14.9 Å². The van der Waals surface area contributed by atoms with Crippen LogP contribution < -0.4 is 10.6 Å². The molecule has 1 aliphatic heterocycles. The van der Waals surface area contributed by atoms with Crippen LogP contribution in [0.5, 0.6) is 0 Å². The summed E-state index contributed by atoms with van der Waals surface area (Å²) < 4.78 is 7.28. The fourth-order valence-corrected chi connectivity index (χ4v) is 3.53. The number of aliphatic carboxylic acids is 1. The van der Waals surface area contributed by atoms with E-state index in [1.165, 1.54) is 6.07 Å². The third-order valence-electron chi connectivity index (χ3n) is 5.00. The molecule has 0 aliphatic carbocycles. The molecule has 26 heavy (non-hydrogen) atoms. The zero-order valence-corrected chi connectivity index (χ0v) is 14.8. The van der Waals surface area contributed by atoms with E-state index in [9.17, 15) is 14.9 Å². The Morgan fingerprint density at radius 2 is 2.08 bits per heavy atom. The van der Waals surface area contributed by atoms with Crippen LogP contribution in [0.1, 0.15) is 11.3 Å². The number of non-ortho nitro benzene ring substituents is 1. The van der Waals surface area contributed by atoms with Crippen LogP contribution in [0.2, 0.25) is 0 Å². The van der Waals surface area contributed by atoms with E-state index in [-0.39, 0.29) is 12.1 Å². The highest BCUT2D eigenvalue weighted by molar-refractivity contribution is 6.02. The van der Waals surface area contributed by atoms with Crippen LogP contribution >= 0.6 is 0 Å². The number of carboxylic acids is 1. The maximum atomic E-state index is 11.6. The number of hydrogen-bond acceptors (Lipinski definition) is 6. The molecule has 3 N–H and O–H groups in total. The number of aromatic nitrogens is 1. The van der Waals surface area contributed by atoms with Crippen molar-refractivity contribution in [2.45, 2.75) is 19.4 Å². The summed E-state index contributed by atoms with van der Waals surface area (Å²) in [5.74, 6) is -1.13. The Kier molecular flexibility index (Phi) is 4.84. The molecular formula is C17H22N4O5. The van der Waals surface area contributed by atoms with Crippen LogP contribution in [-0.4, -0.2) is 52.9 Å². The van der Waals surface area contributed by atoms with E-state index in [0.717, 1.165) is 16.9 Å². The van der Waals surface area contributed by atoms with Gasteiger partial charge in [-0.05, 0) is 18.6 Å². The zero-order chi connectivity index (χ0) is 19.0. The Hall–Kier alpha value is -2.65. The molecule has 3 rings (SSSR count). The molecule has 9 nitrogen and oxygen atoms in total. The molecule has 0 radical (unpaired) electrons. The Labute approximate surface area is 150 Å². The zero-order valence-electron chi connectivity index (χ0n) is 14.8. The fraction of sp³-hybridized carbons (Fsp3) is 0.471. The van der Waals surface area contributed by atoms with Gasteiger partial charge in [0.05, 0.1) is 34.7 Å². The normalized spacial score (nSPS) is 16.0. The van der Waals surface area contributed by atoms with Gasteiger partial charge >= 0.3 is 5.97 Å². The predicted molar refractivity (Wildman–Crippen MR) is 96.7 cm³/mol. The smallest absolute Gasteiger partial charge is 0.320 e. The van der Waals surface area contributed by atoms with Crippen molar-refractivity contribution in [3.05, 3.63) is 33.5 Å². The maximum Gasteiger partial charge on any atom is 0.320 e. The molecule has 1 fully saturated rings. The Morgan fingerprint density at radius 1 is 1.42 bits per heavy atom. The number of morpholine rings is 1. The molecule has 1 unspecified atom stereocenters. The number of nitrogens with two attached hydrogens (primary N) is 1. The molecular weight excluding hydrogens is 340 g/mol. The van der Waals surface area contributed by atoms with Gasteiger partial charge in [0.25, 0.3) is 5.69 Å². The number of nitro groups is 1. The molecule has 0 bridgehead atoms. The fourth-order valence-electron chi connectivity index (χ4n) is 3.53. The molecule has 1 saturated heterocycles. The van der Waals surface area contributed by atoms with Crippen LogP contribution in [0, 0.1) is 17.0 Å². The minimum atomic E-state index is -1.13. The number of ether oxygens (including phenoxy) is 1. The number of carboxylic acid groups (broad SMARTS) is 1. The largest absolute Gasteiger partial charge is 0.480 e. The molecule has 0 saturated carbocycles. The third-order valence-corrected chi connectivity index (χ3v) is 5.00. The molecule has 9 heteroatoms. The van der Waals surface area contributed by atoms with Gasteiger partial charge in [-0.25, -0.2) is 0 Å². The number of aryl methyl sites for hydroxylation is 1. The number of nitro benzene ring substituents is 1. The highest BCUT2D eigenvalue weighted by Gasteiger charge is 2.28. The van der Waals surface area contributed by atoms with Crippen molar-refractivity contribution in [1.82, 2.24) is 4.57 Å². The minimum absolute atomic E-state index is 0.0336. The van der Waals surface area contributed by atoms with E-state index < -0.39 is 16.9 Å². The Bertz CT molecular complexity index is 870. The average molecular weight is 362 g/mol. The summed E-state index contributed by atoms with van der Waals surface area (Å²) in [6.07, 6.45) is 0.0336. The van der Waals surface area contributed by atoms with Crippen LogP contribution in [0.25, 0.3) is 10.9 Å². The molecule has 0 spiro atoms. The topological polar surface area (TPSA) is 124 Å². The van der Waals surface area contributed by atoms with Crippen molar-refractivity contribution in [2.24, 2.45) is 12.8 Å². The molecule has 1 atom stereocenters. The molecule has 2 heterocycles. The van der Waals surface area contributed by atoms with Crippen molar-refractivity contribution >= 4 is 28.2 Å². The number of nitrogens with zero attached hydrogens (tertiary/aromatic N) is 3. The van der Waals surface area contributed by atoms with Crippen molar-refractivity contribution in [1.29, 1.82) is 0 Å². The van der Waals surface area contributed by atoms with Crippen LogP contribution in [-0.2, 0) is 23.0 Å². The highest BCUT2D eigenvalue weighted by Crippen LogP contribution is 2.39. The number of fused-ring (bicyclic) bond motifs is 1. The minimum Gasteiger partial charge on any atom is -0.480 e. The summed E-state index contributed by atoms with van der Waals surface area (Å²) in [6, 6.07) is 2.13. The standard InChI is InChI=1S/C17H22N4O5/c1-10-11(9-12(18)17(22)23)15-13(21(24)25)3-4-14(16(15)19(10)2)20-5-7-26-8-6-20/h3-4,12H,5-9,18H2,1-2H3,(H,22,23). The second-order valence-corrected chi connectivity index (χ2v) is 6.46. The second-order valence-electron chi connectivity index (χ2n) is 6.46. The van der Waals surface area contributed by atoms with E-state index >= 15 is 0 Å². The lowest BCUT2D eigenvalue weighted by Crippen LogP contribution is -2.36. The van der Waals surface area contributed by atoms with Gasteiger partial charge in [-0.2, -0.15) is 0 Å². The summed E-state index contributed by atoms with van der Waals surface area (Å²) in [7, 11) is 1.83. The second kappa shape index (κ2) is 6.93. The first-order valence-corrected chi connectivity index (χ1v) is 8.39. The lowest BCUT2D eigenvalue weighted by molar-refractivity contribution is -0.383. The molecule has 1 aromatic carbocycles. The maximum absolute atomic E-state index is 11.6. The Balaban J connectivity index is 2.25. The van der Waals surface area contributed by atoms with E-state index in [1.54, 1.807) is 6.07 Å². The van der Waals surface area contributed by atoms with Gasteiger partial charge in [-0.1, -0.05) is 0 Å².